The number of hydrazone groups is 1. The molecule has 43 heavy (non-hydrogen) atoms. The Labute approximate surface area is 254 Å². The van der Waals surface area contributed by atoms with Gasteiger partial charge in [0.25, 0.3) is 0 Å². The van der Waals surface area contributed by atoms with Crippen LogP contribution < -0.4 is 15.1 Å². The first-order valence-electron chi connectivity index (χ1n) is 12.9. The summed E-state index contributed by atoms with van der Waals surface area (Å²) < 4.78 is 42.5. The molecule has 0 saturated carbocycles. The fourth-order valence-electron chi connectivity index (χ4n) is 4.18. The quantitative estimate of drug-likeness (QED) is 0.152. The first-order chi connectivity index (χ1) is 20.6. The summed E-state index contributed by atoms with van der Waals surface area (Å²) in [4.78, 5) is 23.0. The molecule has 9 nitrogen and oxygen atoms in total. The number of thiocarbonyl (C=S) groups is 1. The Kier molecular flexibility index (Phi) is 8.87. The number of hydrogen-bond donors (Lipinski definition) is 1. The predicted molar refractivity (Wildman–Crippen MR) is 165 cm³/mol. The molecule has 3 aromatic carbocycles. The van der Waals surface area contributed by atoms with Gasteiger partial charge in [-0.15, -0.1) is 18.3 Å². The molecule has 4 aromatic rings. The van der Waals surface area contributed by atoms with E-state index >= 15 is 0 Å². The maximum Gasteiger partial charge on any atom is 0.573 e. The van der Waals surface area contributed by atoms with E-state index in [0.717, 1.165) is 34.4 Å². The normalized spacial score (nSPS) is 14.6. The smallest absolute Gasteiger partial charge is 0.406 e. The molecule has 1 aliphatic heterocycles. The highest BCUT2D eigenvalue weighted by molar-refractivity contribution is 8.15. The summed E-state index contributed by atoms with van der Waals surface area (Å²) in [6.07, 6.45) is -0.934. The van der Waals surface area contributed by atoms with Crippen molar-refractivity contribution >= 4 is 52.1 Å². The second-order valence-electron chi connectivity index (χ2n) is 9.25. The molecule has 2 heterocycles. The molecule has 220 valence electrons. The minimum Gasteiger partial charge on any atom is -0.406 e. The highest BCUT2D eigenvalue weighted by Crippen LogP contribution is 2.31. The molecular weight excluding hydrogens is 599 g/mol. The molecule has 0 bridgehead atoms. The zero-order chi connectivity index (χ0) is 30.6. The lowest BCUT2D eigenvalue weighted by molar-refractivity contribution is -0.274. The van der Waals surface area contributed by atoms with Gasteiger partial charge in [-0.3, -0.25) is 15.1 Å². The van der Waals surface area contributed by atoms with E-state index < -0.39 is 6.36 Å². The second-order valence-corrected chi connectivity index (χ2v) is 10.6. The van der Waals surface area contributed by atoms with Gasteiger partial charge in [0.2, 0.25) is 11.0 Å². The Morgan fingerprint density at radius 1 is 1.14 bits per heavy atom. The van der Waals surface area contributed by atoms with Crippen molar-refractivity contribution in [2.75, 3.05) is 10.7 Å². The predicted octanol–water partition coefficient (Wildman–Crippen LogP) is 6.05. The van der Waals surface area contributed by atoms with Gasteiger partial charge in [0.1, 0.15) is 12.1 Å². The van der Waals surface area contributed by atoms with Gasteiger partial charge in [-0.1, -0.05) is 55.1 Å². The number of amidine groups is 1. The molecule has 1 aromatic heterocycles. The summed E-state index contributed by atoms with van der Waals surface area (Å²) in [6.45, 7) is 4.02. The SMILES string of the molecule is CCc1ccc(C)cc1N1C(=O)CS/C1=N\C(=S)N/N=C/c1ccc(-c2ncn(-c3ccc(OC(F)(F)F)cc3)n2)cc1. The van der Waals surface area contributed by atoms with E-state index in [1.807, 2.05) is 56.3 Å². The van der Waals surface area contributed by atoms with Crippen LogP contribution in [0.4, 0.5) is 18.9 Å². The summed E-state index contributed by atoms with van der Waals surface area (Å²) in [6, 6.07) is 18.6. The summed E-state index contributed by atoms with van der Waals surface area (Å²) in [5.74, 6) is 0.342. The first kappa shape index (κ1) is 29.9. The van der Waals surface area contributed by atoms with E-state index in [-0.39, 0.29) is 22.5 Å². The highest BCUT2D eigenvalue weighted by atomic mass is 32.2. The van der Waals surface area contributed by atoms with Gasteiger partial charge in [-0.25, -0.2) is 9.67 Å². The number of hydrogen-bond acceptors (Lipinski definition) is 7. The molecule has 14 heteroatoms. The Hall–Kier alpha value is -4.56. The fourth-order valence-corrected chi connectivity index (χ4v) is 5.24. The van der Waals surface area contributed by atoms with Gasteiger partial charge < -0.3 is 4.74 Å². The topological polar surface area (TPSA) is 97.0 Å². The highest BCUT2D eigenvalue weighted by Gasteiger charge is 2.32. The average molecular weight is 624 g/mol. The van der Waals surface area contributed by atoms with E-state index in [4.69, 9.17) is 12.2 Å². The Morgan fingerprint density at radius 3 is 2.58 bits per heavy atom. The number of benzene rings is 3. The van der Waals surface area contributed by atoms with Crippen LogP contribution in [0.1, 0.15) is 23.6 Å². The van der Waals surface area contributed by atoms with Gasteiger partial charge in [0.15, 0.2) is 11.0 Å². The summed E-state index contributed by atoms with van der Waals surface area (Å²) in [5.41, 5.74) is 7.66. The van der Waals surface area contributed by atoms with Crippen molar-refractivity contribution in [3.63, 3.8) is 0 Å². The Morgan fingerprint density at radius 2 is 1.88 bits per heavy atom. The number of amides is 1. The first-order valence-corrected chi connectivity index (χ1v) is 14.3. The lowest BCUT2D eigenvalue weighted by atomic mass is 10.1. The Balaban J connectivity index is 1.21. The summed E-state index contributed by atoms with van der Waals surface area (Å²) in [5, 5.41) is 9.19. The van der Waals surface area contributed by atoms with Gasteiger partial charge in [0.05, 0.1) is 23.3 Å². The van der Waals surface area contributed by atoms with Crippen molar-refractivity contribution in [2.24, 2.45) is 10.1 Å². The number of nitrogens with one attached hydrogen (secondary N) is 1. The van der Waals surface area contributed by atoms with Crippen LogP contribution in [0.2, 0.25) is 0 Å². The van der Waals surface area contributed by atoms with Gasteiger partial charge in [0, 0.05) is 5.56 Å². The molecule has 0 atom stereocenters. The maximum atomic E-state index is 12.7. The minimum absolute atomic E-state index is 0.0526. The van der Waals surface area contributed by atoms with Gasteiger partial charge >= 0.3 is 6.36 Å². The molecule has 0 aliphatic carbocycles. The molecule has 1 N–H and O–H groups in total. The van der Waals surface area contributed by atoms with Gasteiger partial charge in [-0.2, -0.15) is 10.1 Å². The number of anilines is 1. The number of thioether (sulfide) groups is 1. The van der Waals surface area contributed by atoms with Crippen molar-refractivity contribution in [1.82, 2.24) is 20.2 Å². The molecule has 0 radical (unpaired) electrons. The van der Waals surface area contributed by atoms with Crippen molar-refractivity contribution < 1.29 is 22.7 Å². The number of aromatic nitrogens is 3. The third kappa shape index (κ3) is 7.45. The third-order valence-electron chi connectivity index (χ3n) is 6.19. The number of aryl methyl sites for hydroxylation is 2. The van der Waals surface area contributed by atoms with Crippen molar-refractivity contribution in [3.8, 4) is 22.8 Å². The molecule has 0 unspecified atom stereocenters. The van der Waals surface area contributed by atoms with Crippen LogP contribution in [-0.2, 0) is 11.2 Å². The molecule has 5 rings (SSSR count). The van der Waals surface area contributed by atoms with Crippen molar-refractivity contribution in [2.45, 2.75) is 26.6 Å². The molecule has 1 saturated heterocycles. The number of aliphatic imine (C=N–C) groups is 1. The van der Waals surface area contributed by atoms with E-state index in [1.54, 1.807) is 11.1 Å². The van der Waals surface area contributed by atoms with Crippen LogP contribution >= 0.6 is 24.0 Å². The molecule has 0 spiro atoms. The summed E-state index contributed by atoms with van der Waals surface area (Å²) in [7, 11) is 0. The number of rotatable bonds is 7. The van der Waals surface area contributed by atoms with E-state index in [2.05, 4.69) is 30.3 Å². The van der Waals surface area contributed by atoms with E-state index in [9.17, 15) is 18.0 Å². The molecule has 1 aliphatic rings. The lowest BCUT2D eigenvalue weighted by Crippen LogP contribution is -2.31. The number of carbonyl (C=O) groups is 1. The van der Waals surface area contributed by atoms with E-state index in [0.29, 0.717) is 16.7 Å². The zero-order valence-electron chi connectivity index (χ0n) is 22.9. The second kappa shape index (κ2) is 12.8. The average Bonchev–Trinajstić information content (AvgIpc) is 3.60. The Bertz CT molecular complexity index is 1700. The molecule has 1 fully saturated rings. The van der Waals surface area contributed by atoms with E-state index in [1.165, 1.54) is 47.0 Å². The lowest BCUT2D eigenvalue weighted by Gasteiger charge is -2.20. The van der Waals surface area contributed by atoms with Gasteiger partial charge in [-0.05, 0) is 72.6 Å². The number of halogens is 3. The number of nitrogens with zero attached hydrogens (tertiary/aromatic N) is 6. The largest absolute Gasteiger partial charge is 0.573 e. The fraction of sp³-hybridized carbons (Fsp3) is 0.172. The van der Waals surface area contributed by atoms with Crippen LogP contribution in [0.3, 0.4) is 0 Å². The number of alkyl halides is 3. The standard InChI is InChI=1S/C29H24F3N7O2S2/c1-3-20-7-4-18(2)14-24(20)39-25(40)16-43-28(39)35-27(42)36-34-15-19-5-8-21(9-6-19)26-33-17-38(37-26)22-10-12-23(13-11-22)41-29(30,31)32/h4-15,17H,3,16H2,1-2H3,(H,36,42)/b34-15+,35-28-. The van der Waals surface area contributed by atoms with Crippen LogP contribution in [0.5, 0.6) is 5.75 Å². The van der Waals surface area contributed by atoms with Crippen molar-refractivity contribution in [1.29, 1.82) is 0 Å². The number of ether oxygens (including phenoxy) is 1. The van der Waals surface area contributed by atoms with Crippen molar-refractivity contribution in [3.05, 3.63) is 89.7 Å². The molecule has 1 amide bonds. The zero-order valence-corrected chi connectivity index (χ0v) is 24.5. The molecular formula is C29H24F3N7O2S2. The van der Waals surface area contributed by atoms with Crippen LogP contribution in [0.15, 0.2) is 83.2 Å². The monoisotopic (exact) mass is 623 g/mol. The summed E-state index contributed by atoms with van der Waals surface area (Å²) >= 11 is 6.68. The number of carbonyl (C=O) groups excluding carboxylic acids is 1. The maximum absolute atomic E-state index is 12.7. The van der Waals surface area contributed by atoms with Crippen LogP contribution in [0, 0.1) is 6.92 Å². The van der Waals surface area contributed by atoms with Crippen LogP contribution in [-0.4, -0.2) is 49.3 Å². The third-order valence-corrected chi connectivity index (χ3v) is 7.30. The van der Waals surface area contributed by atoms with Crippen LogP contribution in [0.25, 0.3) is 17.1 Å². The minimum atomic E-state index is -4.76.